The molecule has 0 radical (unpaired) electrons. The van der Waals surface area contributed by atoms with Crippen molar-refractivity contribution in [2.75, 3.05) is 12.8 Å². The van der Waals surface area contributed by atoms with Crippen molar-refractivity contribution in [3.05, 3.63) is 35.2 Å². The van der Waals surface area contributed by atoms with Gasteiger partial charge in [0, 0.05) is 18.9 Å². The Morgan fingerprint density at radius 3 is 2.96 bits per heavy atom. The number of hydrogen-bond acceptors (Lipinski definition) is 4. The molecule has 0 spiro atoms. The summed E-state index contributed by atoms with van der Waals surface area (Å²) in [5.41, 5.74) is 1.42. The van der Waals surface area contributed by atoms with E-state index in [1.165, 1.54) is 4.31 Å². The van der Waals surface area contributed by atoms with E-state index < -0.39 is 16.1 Å². The van der Waals surface area contributed by atoms with E-state index in [4.69, 9.17) is 11.6 Å². The number of fused-ring (bicyclic) bond motifs is 1. The van der Waals surface area contributed by atoms with Crippen molar-refractivity contribution >= 4 is 33.2 Å². The van der Waals surface area contributed by atoms with Crippen LogP contribution in [0.1, 0.15) is 18.5 Å². The third-order valence-corrected chi connectivity index (χ3v) is 5.35. The highest BCUT2D eigenvalue weighted by Gasteiger charge is 2.36. The number of sulfonamides is 1. The lowest BCUT2D eigenvalue weighted by Gasteiger charge is -2.21. The van der Waals surface area contributed by atoms with Crippen LogP contribution in [0.3, 0.4) is 0 Å². The largest absolute Gasteiger partial charge is 0.349 e. The van der Waals surface area contributed by atoms with Gasteiger partial charge in [0.1, 0.15) is 11.7 Å². The van der Waals surface area contributed by atoms with Crippen LogP contribution in [-0.2, 0) is 21.4 Å². The minimum atomic E-state index is -3.37. The molecule has 23 heavy (non-hydrogen) atoms. The predicted octanol–water partition coefficient (Wildman–Crippen LogP) is 1.03. The minimum absolute atomic E-state index is 0.242. The summed E-state index contributed by atoms with van der Waals surface area (Å²) in [4.78, 5) is 16.7. The van der Waals surface area contributed by atoms with Crippen molar-refractivity contribution in [3.63, 3.8) is 0 Å². The minimum Gasteiger partial charge on any atom is -0.349 e. The smallest absolute Gasteiger partial charge is 0.238 e. The second-order valence-electron chi connectivity index (χ2n) is 5.59. The van der Waals surface area contributed by atoms with E-state index in [0.717, 1.165) is 11.9 Å². The maximum Gasteiger partial charge on any atom is 0.238 e. The Hall–Kier alpha value is -1.64. The number of nitrogens with zero attached hydrogens (tertiary/aromatic N) is 3. The zero-order valence-electron chi connectivity index (χ0n) is 12.6. The standard InChI is InChI=1S/C14H17ClN4O3S/c1-23(21,22)19-6-2-3-12(19)14(20)16-7-11-9-18-8-10(15)4-5-13(18)17-11/h4-5,8-9,12H,2-3,6-7H2,1H3,(H,16,20). The zero-order chi connectivity index (χ0) is 16.6. The molecular weight excluding hydrogens is 340 g/mol. The van der Waals surface area contributed by atoms with Gasteiger partial charge in [-0.05, 0) is 25.0 Å². The summed E-state index contributed by atoms with van der Waals surface area (Å²) in [5.74, 6) is -0.289. The Morgan fingerprint density at radius 2 is 2.22 bits per heavy atom. The molecule has 1 N–H and O–H groups in total. The molecule has 1 atom stereocenters. The number of pyridine rings is 1. The fraction of sp³-hybridized carbons (Fsp3) is 0.429. The fourth-order valence-corrected chi connectivity index (χ4v) is 4.09. The summed E-state index contributed by atoms with van der Waals surface area (Å²) >= 11 is 5.92. The second kappa shape index (κ2) is 6.10. The Morgan fingerprint density at radius 1 is 1.43 bits per heavy atom. The Bertz CT molecular complexity index is 849. The van der Waals surface area contributed by atoms with Crippen LogP contribution in [0.5, 0.6) is 0 Å². The zero-order valence-corrected chi connectivity index (χ0v) is 14.1. The summed E-state index contributed by atoms with van der Waals surface area (Å²) in [6.07, 6.45) is 5.88. The molecule has 0 bridgehead atoms. The summed E-state index contributed by atoms with van der Waals surface area (Å²) in [6.45, 7) is 0.635. The van der Waals surface area contributed by atoms with E-state index in [9.17, 15) is 13.2 Å². The van der Waals surface area contributed by atoms with Crippen LogP contribution in [-0.4, -0.2) is 46.9 Å². The van der Waals surface area contributed by atoms with Crippen LogP contribution in [0.15, 0.2) is 24.5 Å². The van der Waals surface area contributed by atoms with Gasteiger partial charge in [-0.1, -0.05) is 11.6 Å². The highest BCUT2D eigenvalue weighted by molar-refractivity contribution is 7.88. The number of imidazole rings is 1. The third-order valence-electron chi connectivity index (χ3n) is 3.84. The Balaban J connectivity index is 1.68. The van der Waals surface area contributed by atoms with E-state index in [-0.39, 0.29) is 12.5 Å². The number of rotatable bonds is 4. The van der Waals surface area contributed by atoms with E-state index in [1.54, 1.807) is 28.9 Å². The van der Waals surface area contributed by atoms with Gasteiger partial charge in [0.05, 0.1) is 23.5 Å². The molecule has 1 aliphatic rings. The van der Waals surface area contributed by atoms with E-state index in [2.05, 4.69) is 10.3 Å². The van der Waals surface area contributed by atoms with Gasteiger partial charge in [-0.2, -0.15) is 4.31 Å². The molecule has 7 nitrogen and oxygen atoms in total. The van der Waals surface area contributed by atoms with Gasteiger partial charge in [0.2, 0.25) is 15.9 Å². The van der Waals surface area contributed by atoms with Gasteiger partial charge in [-0.3, -0.25) is 4.79 Å². The van der Waals surface area contributed by atoms with Crippen molar-refractivity contribution in [2.45, 2.75) is 25.4 Å². The maximum atomic E-state index is 12.3. The van der Waals surface area contributed by atoms with Crippen LogP contribution in [0.2, 0.25) is 5.02 Å². The van der Waals surface area contributed by atoms with Crippen molar-refractivity contribution in [1.82, 2.24) is 19.0 Å². The maximum absolute atomic E-state index is 12.3. The number of carbonyl (C=O) groups excluding carboxylic acids is 1. The molecule has 2 aromatic heterocycles. The van der Waals surface area contributed by atoms with E-state index in [1.807, 2.05) is 0 Å². The average Bonchev–Trinajstić information content (AvgIpc) is 3.10. The number of nitrogens with one attached hydrogen (secondary N) is 1. The lowest BCUT2D eigenvalue weighted by Crippen LogP contribution is -2.45. The van der Waals surface area contributed by atoms with Gasteiger partial charge in [-0.15, -0.1) is 0 Å². The first-order valence-electron chi connectivity index (χ1n) is 7.22. The quantitative estimate of drug-likeness (QED) is 0.886. The van der Waals surface area contributed by atoms with Crippen LogP contribution in [0, 0.1) is 0 Å². The van der Waals surface area contributed by atoms with Gasteiger partial charge < -0.3 is 9.72 Å². The molecule has 9 heteroatoms. The van der Waals surface area contributed by atoms with Crippen molar-refractivity contribution in [2.24, 2.45) is 0 Å². The van der Waals surface area contributed by atoms with E-state index >= 15 is 0 Å². The monoisotopic (exact) mass is 356 g/mol. The van der Waals surface area contributed by atoms with Crippen LogP contribution >= 0.6 is 11.6 Å². The number of carbonyl (C=O) groups is 1. The second-order valence-corrected chi connectivity index (χ2v) is 7.97. The highest BCUT2D eigenvalue weighted by Crippen LogP contribution is 2.20. The highest BCUT2D eigenvalue weighted by atomic mass is 35.5. The number of halogens is 1. The molecule has 0 aromatic carbocycles. The molecular formula is C14H17ClN4O3S. The van der Waals surface area contributed by atoms with Crippen LogP contribution < -0.4 is 5.32 Å². The third kappa shape index (κ3) is 3.49. The predicted molar refractivity (Wildman–Crippen MR) is 86.6 cm³/mol. The average molecular weight is 357 g/mol. The lowest BCUT2D eigenvalue weighted by atomic mass is 10.2. The number of hydrogen-bond donors (Lipinski definition) is 1. The van der Waals surface area contributed by atoms with Gasteiger partial charge >= 0.3 is 0 Å². The molecule has 0 aliphatic carbocycles. The molecule has 3 rings (SSSR count). The topological polar surface area (TPSA) is 83.8 Å². The first-order chi connectivity index (χ1) is 10.8. The van der Waals surface area contributed by atoms with Crippen LogP contribution in [0.4, 0.5) is 0 Å². The Labute approximate surface area is 139 Å². The molecule has 2 aromatic rings. The molecule has 1 amide bonds. The summed E-state index contributed by atoms with van der Waals surface area (Å²) < 4.78 is 26.4. The van der Waals surface area contributed by atoms with Gasteiger partial charge in [0.15, 0.2) is 0 Å². The summed E-state index contributed by atoms with van der Waals surface area (Å²) in [5, 5.41) is 3.36. The fourth-order valence-electron chi connectivity index (χ4n) is 2.80. The first-order valence-corrected chi connectivity index (χ1v) is 9.45. The van der Waals surface area contributed by atoms with Gasteiger partial charge in [-0.25, -0.2) is 13.4 Å². The lowest BCUT2D eigenvalue weighted by molar-refractivity contribution is -0.124. The SMILES string of the molecule is CS(=O)(=O)N1CCCC1C(=O)NCc1cn2cc(Cl)ccc2n1. The van der Waals surface area contributed by atoms with Crippen molar-refractivity contribution in [3.8, 4) is 0 Å². The molecule has 1 saturated heterocycles. The first kappa shape index (κ1) is 16.2. The molecule has 0 saturated carbocycles. The molecule has 1 aliphatic heterocycles. The summed E-state index contributed by atoms with van der Waals surface area (Å²) in [7, 11) is -3.37. The molecule has 1 fully saturated rings. The normalized spacial score (nSPS) is 19.3. The molecule has 3 heterocycles. The van der Waals surface area contributed by atoms with Crippen LogP contribution in [0.25, 0.3) is 5.65 Å². The molecule has 124 valence electrons. The summed E-state index contributed by atoms with van der Waals surface area (Å²) in [6, 6.07) is 2.90. The number of aromatic nitrogens is 2. The number of amides is 1. The Kier molecular flexibility index (Phi) is 4.31. The van der Waals surface area contributed by atoms with Crippen molar-refractivity contribution < 1.29 is 13.2 Å². The molecule has 1 unspecified atom stereocenters. The van der Waals surface area contributed by atoms with Crippen molar-refractivity contribution in [1.29, 1.82) is 0 Å². The van der Waals surface area contributed by atoms with E-state index in [0.29, 0.717) is 30.1 Å². The van der Waals surface area contributed by atoms with Gasteiger partial charge in [0.25, 0.3) is 0 Å².